The van der Waals surface area contributed by atoms with Gasteiger partial charge in [-0.3, -0.25) is 14.5 Å². The van der Waals surface area contributed by atoms with Crippen molar-refractivity contribution in [3.63, 3.8) is 0 Å². The minimum atomic E-state index is -0.231. The second-order valence-electron chi connectivity index (χ2n) is 8.75. The van der Waals surface area contributed by atoms with Gasteiger partial charge in [-0.15, -0.1) is 0 Å². The van der Waals surface area contributed by atoms with Crippen LogP contribution in [0.25, 0.3) is 11.4 Å². The van der Waals surface area contributed by atoms with Crippen LogP contribution >= 0.6 is 12.2 Å². The number of nitrogens with zero attached hydrogens (tertiary/aromatic N) is 2. The first kappa shape index (κ1) is 22.4. The number of rotatable bonds is 7. The van der Waals surface area contributed by atoms with Gasteiger partial charge in [0.2, 0.25) is 5.91 Å². The van der Waals surface area contributed by atoms with Crippen LogP contribution in [0.2, 0.25) is 0 Å². The zero-order valence-electron chi connectivity index (χ0n) is 18.4. The zero-order chi connectivity index (χ0) is 22.6. The fourth-order valence-electron chi connectivity index (χ4n) is 4.70. The van der Waals surface area contributed by atoms with Crippen molar-refractivity contribution in [2.45, 2.75) is 57.4 Å². The molecule has 1 aromatic heterocycles. The Morgan fingerprint density at radius 3 is 2.66 bits per heavy atom. The minimum Gasteiger partial charge on any atom is -0.355 e. The first-order chi connectivity index (χ1) is 15.5. The molecule has 2 aromatic carbocycles. The number of H-pyrrole nitrogens is 1. The lowest BCUT2D eigenvalue weighted by Gasteiger charge is -2.38. The van der Waals surface area contributed by atoms with E-state index in [1.165, 1.54) is 18.6 Å². The summed E-state index contributed by atoms with van der Waals surface area (Å²) in [5.74, 6) is 0.488. The molecule has 0 aliphatic heterocycles. The Bertz CT molecular complexity index is 1130. The van der Waals surface area contributed by atoms with Crippen molar-refractivity contribution in [2.75, 3.05) is 6.54 Å². The number of aromatic nitrogens is 3. The molecule has 1 aliphatic rings. The molecule has 1 saturated carbocycles. The maximum Gasteiger partial charge on any atom is 0.221 e. The lowest BCUT2D eigenvalue weighted by atomic mass is 9.69. The van der Waals surface area contributed by atoms with Gasteiger partial charge in [0, 0.05) is 30.5 Å². The molecule has 1 heterocycles. The van der Waals surface area contributed by atoms with E-state index in [0.29, 0.717) is 24.3 Å². The summed E-state index contributed by atoms with van der Waals surface area (Å²) in [4.78, 5) is 12.8. The molecule has 0 unspecified atom stereocenters. The van der Waals surface area contributed by atoms with Gasteiger partial charge in [0.15, 0.2) is 10.6 Å². The van der Waals surface area contributed by atoms with E-state index in [1.54, 1.807) is 0 Å². The monoisotopic (exact) mass is 452 g/mol. The van der Waals surface area contributed by atoms with Crippen LogP contribution in [0.3, 0.4) is 0 Å². The number of carbonyl (C=O) groups excluding carboxylic acids is 1. The first-order valence-electron chi connectivity index (χ1n) is 11.2. The molecular weight excluding hydrogens is 423 g/mol. The summed E-state index contributed by atoms with van der Waals surface area (Å²) in [6, 6.07) is 14.8. The maximum absolute atomic E-state index is 13.4. The van der Waals surface area contributed by atoms with E-state index < -0.39 is 0 Å². The summed E-state index contributed by atoms with van der Waals surface area (Å²) in [7, 11) is 0. The van der Waals surface area contributed by atoms with Crippen molar-refractivity contribution in [1.82, 2.24) is 20.1 Å². The van der Waals surface area contributed by atoms with Crippen LogP contribution in [0, 0.1) is 17.5 Å². The summed E-state index contributed by atoms with van der Waals surface area (Å²) in [5, 5.41) is 10.4. The second-order valence-corrected chi connectivity index (χ2v) is 9.13. The Kier molecular flexibility index (Phi) is 6.84. The third-order valence-electron chi connectivity index (χ3n) is 6.49. The van der Waals surface area contributed by atoms with Crippen LogP contribution in [-0.2, 0) is 16.8 Å². The molecule has 1 amide bonds. The summed E-state index contributed by atoms with van der Waals surface area (Å²) in [6.07, 6.45) is 5.77. The summed E-state index contributed by atoms with van der Waals surface area (Å²) in [6.45, 7) is 3.05. The summed E-state index contributed by atoms with van der Waals surface area (Å²) < 4.78 is 15.8. The molecule has 0 bridgehead atoms. The average molecular weight is 453 g/mol. The highest BCUT2D eigenvalue weighted by Gasteiger charge is 2.34. The molecule has 0 spiro atoms. The van der Waals surface area contributed by atoms with Crippen molar-refractivity contribution >= 4 is 18.1 Å². The molecule has 1 aliphatic carbocycles. The fourth-order valence-corrected chi connectivity index (χ4v) is 4.92. The molecule has 1 fully saturated rings. The number of nitrogens with one attached hydrogen (secondary N) is 2. The zero-order valence-corrected chi connectivity index (χ0v) is 19.2. The van der Waals surface area contributed by atoms with E-state index in [4.69, 9.17) is 12.2 Å². The third kappa shape index (κ3) is 4.99. The van der Waals surface area contributed by atoms with Gasteiger partial charge in [-0.2, -0.15) is 5.10 Å². The van der Waals surface area contributed by atoms with Crippen molar-refractivity contribution in [1.29, 1.82) is 0 Å². The highest BCUT2D eigenvalue weighted by molar-refractivity contribution is 7.71. The van der Waals surface area contributed by atoms with Crippen LogP contribution in [-0.4, -0.2) is 27.2 Å². The van der Waals surface area contributed by atoms with E-state index in [0.717, 1.165) is 48.2 Å². The largest absolute Gasteiger partial charge is 0.355 e. The number of halogens is 1. The molecule has 3 aromatic rings. The number of amides is 1. The van der Waals surface area contributed by atoms with Crippen LogP contribution in [0.15, 0.2) is 48.5 Å². The van der Waals surface area contributed by atoms with E-state index in [2.05, 4.69) is 21.6 Å². The standard InChI is InChI=1S/C25H29FN4OS/c1-18-6-5-7-19(16-18)23-28-29-24(32)30(23)15-12-22(31)27-17-25(13-3-2-4-14-25)20-8-10-21(26)11-9-20/h5-11,16H,2-4,12-15,17H2,1H3,(H,27,31)(H,29,32). The Morgan fingerprint density at radius 2 is 1.94 bits per heavy atom. The predicted octanol–water partition coefficient (Wildman–Crippen LogP) is 5.46. The molecule has 2 N–H and O–H groups in total. The molecule has 7 heteroatoms. The Labute approximate surface area is 193 Å². The third-order valence-corrected chi connectivity index (χ3v) is 6.80. The Hall–Kier alpha value is -2.80. The summed E-state index contributed by atoms with van der Waals surface area (Å²) in [5.41, 5.74) is 3.09. The molecule has 168 valence electrons. The van der Waals surface area contributed by atoms with Crippen LogP contribution in [0.5, 0.6) is 0 Å². The van der Waals surface area contributed by atoms with Crippen LogP contribution in [0.1, 0.15) is 49.7 Å². The molecular formula is C25H29FN4OS. The van der Waals surface area contributed by atoms with Gasteiger partial charge in [0.25, 0.3) is 0 Å². The predicted molar refractivity (Wildman–Crippen MR) is 126 cm³/mol. The topological polar surface area (TPSA) is 62.7 Å². The highest BCUT2D eigenvalue weighted by Crippen LogP contribution is 2.39. The first-order valence-corrected chi connectivity index (χ1v) is 11.6. The van der Waals surface area contributed by atoms with Gasteiger partial charge in [0.1, 0.15) is 5.82 Å². The maximum atomic E-state index is 13.4. The lowest BCUT2D eigenvalue weighted by Crippen LogP contribution is -2.42. The lowest BCUT2D eigenvalue weighted by molar-refractivity contribution is -0.121. The van der Waals surface area contributed by atoms with Gasteiger partial charge in [-0.25, -0.2) is 4.39 Å². The number of aromatic amines is 1. The number of hydrogen-bond donors (Lipinski definition) is 2. The van der Waals surface area contributed by atoms with Gasteiger partial charge in [-0.05, 0) is 55.7 Å². The minimum absolute atomic E-state index is 0.0182. The number of benzene rings is 2. The van der Waals surface area contributed by atoms with Gasteiger partial charge >= 0.3 is 0 Å². The smallest absolute Gasteiger partial charge is 0.221 e. The van der Waals surface area contributed by atoms with Crippen LogP contribution in [0.4, 0.5) is 4.39 Å². The number of hydrogen-bond acceptors (Lipinski definition) is 3. The van der Waals surface area contributed by atoms with E-state index in [-0.39, 0.29) is 17.1 Å². The van der Waals surface area contributed by atoms with E-state index in [9.17, 15) is 9.18 Å². The van der Waals surface area contributed by atoms with Crippen LogP contribution < -0.4 is 5.32 Å². The molecule has 0 saturated heterocycles. The van der Waals surface area contributed by atoms with Gasteiger partial charge < -0.3 is 5.32 Å². The molecule has 0 atom stereocenters. The molecule has 32 heavy (non-hydrogen) atoms. The number of aryl methyl sites for hydroxylation is 1. The SMILES string of the molecule is Cc1cccc(-c2n[nH]c(=S)n2CCC(=O)NCC2(c3ccc(F)cc3)CCCCC2)c1. The van der Waals surface area contributed by atoms with Crippen molar-refractivity contribution in [3.8, 4) is 11.4 Å². The van der Waals surface area contributed by atoms with E-state index in [1.807, 2.05) is 41.8 Å². The molecule has 4 rings (SSSR count). The van der Waals surface area contributed by atoms with Crippen molar-refractivity contribution in [3.05, 3.63) is 70.2 Å². The molecule has 5 nitrogen and oxygen atoms in total. The van der Waals surface area contributed by atoms with Gasteiger partial charge in [0.05, 0.1) is 0 Å². The Balaban J connectivity index is 1.42. The fraction of sp³-hybridized carbons (Fsp3) is 0.400. The number of carbonyl (C=O) groups is 1. The van der Waals surface area contributed by atoms with Crippen molar-refractivity contribution < 1.29 is 9.18 Å². The average Bonchev–Trinajstić information content (AvgIpc) is 3.17. The quantitative estimate of drug-likeness (QED) is 0.468. The molecule has 0 radical (unpaired) electrons. The second kappa shape index (κ2) is 9.77. The van der Waals surface area contributed by atoms with Gasteiger partial charge in [-0.1, -0.05) is 55.2 Å². The summed E-state index contributed by atoms with van der Waals surface area (Å²) >= 11 is 5.40. The highest BCUT2D eigenvalue weighted by atomic mass is 32.1. The van der Waals surface area contributed by atoms with E-state index >= 15 is 0 Å². The van der Waals surface area contributed by atoms with Crippen molar-refractivity contribution in [2.24, 2.45) is 0 Å². The normalized spacial score (nSPS) is 15.4. The Morgan fingerprint density at radius 1 is 1.19 bits per heavy atom.